The van der Waals surface area contributed by atoms with Crippen LogP contribution in [-0.4, -0.2) is 52.1 Å². The molecule has 0 fully saturated rings. The van der Waals surface area contributed by atoms with Crippen LogP contribution in [0, 0.1) is 0 Å². The summed E-state index contributed by atoms with van der Waals surface area (Å²) >= 11 is 12.0. The SMILES string of the molecule is CCNc1ccn2nc(CCC(=O)NCCCN(C)Cc3ccc(Cl)c(Cl)c3)nc2c1. The highest BCUT2D eigenvalue weighted by atomic mass is 35.5. The molecule has 166 valence electrons. The minimum Gasteiger partial charge on any atom is -0.385 e. The number of aryl methyl sites for hydroxylation is 1. The lowest BCUT2D eigenvalue weighted by Crippen LogP contribution is -2.28. The monoisotopic (exact) mass is 462 g/mol. The Kier molecular flexibility index (Phi) is 8.51. The van der Waals surface area contributed by atoms with Gasteiger partial charge in [-0.15, -0.1) is 0 Å². The summed E-state index contributed by atoms with van der Waals surface area (Å²) in [7, 11) is 2.04. The van der Waals surface area contributed by atoms with Crippen molar-refractivity contribution in [3.8, 4) is 0 Å². The van der Waals surface area contributed by atoms with Crippen LogP contribution in [0.4, 0.5) is 5.69 Å². The number of benzene rings is 1. The van der Waals surface area contributed by atoms with E-state index in [9.17, 15) is 4.79 Å². The Morgan fingerprint density at radius 2 is 2.03 bits per heavy atom. The molecule has 0 atom stereocenters. The lowest BCUT2D eigenvalue weighted by molar-refractivity contribution is -0.121. The molecule has 0 unspecified atom stereocenters. The first-order valence-corrected chi connectivity index (χ1v) is 11.2. The third kappa shape index (κ3) is 7.09. The molecular weight excluding hydrogens is 435 g/mol. The topological polar surface area (TPSA) is 74.6 Å². The third-order valence-electron chi connectivity index (χ3n) is 4.81. The first-order valence-electron chi connectivity index (χ1n) is 10.4. The number of hydrogen-bond donors (Lipinski definition) is 2. The van der Waals surface area contributed by atoms with Crippen LogP contribution in [0.5, 0.6) is 0 Å². The van der Waals surface area contributed by atoms with Crippen molar-refractivity contribution in [1.29, 1.82) is 0 Å². The lowest BCUT2D eigenvalue weighted by atomic mass is 10.2. The molecule has 0 bridgehead atoms. The summed E-state index contributed by atoms with van der Waals surface area (Å²) in [6, 6.07) is 9.58. The molecule has 3 aromatic rings. The van der Waals surface area contributed by atoms with Crippen LogP contribution >= 0.6 is 23.2 Å². The Labute approximate surface area is 192 Å². The highest BCUT2D eigenvalue weighted by Crippen LogP contribution is 2.23. The van der Waals surface area contributed by atoms with Crippen molar-refractivity contribution in [1.82, 2.24) is 24.8 Å². The van der Waals surface area contributed by atoms with Gasteiger partial charge in [-0.05, 0) is 50.7 Å². The number of amides is 1. The van der Waals surface area contributed by atoms with Gasteiger partial charge >= 0.3 is 0 Å². The largest absolute Gasteiger partial charge is 0.385 e. The molecule has 0 saturated heterocycles. The molecule has 7 nitrogen and oxygen atoms in total. The summed E-state index contributed by atoms with van der Waals surface area (Å²) in [6.07, 6.45) is 3.62. The van der Waals surface area contributed by atoms with E-state index in [1.165, 1.54) is 0 Å². The Morgan fingerprint density at radius 1 is 1.19 bits per heavy atom. The van der Waals surface area contributed by atoms with Crippen molar-refractivity contribution >= 4 is 40.4 Å². The molecule has 0 spiro atoms. The third-order valence-corrected chi connectivity index (χ3v) is 5.55. The van der Waals surface area contributed by atoms with Gasteiger partial charge in [-0.1, -0.05) is 29.3 Å². The molecular formula is C22H28Cl2N6O. The van der Waals surface area contributed by atoms with Crippen molar-refractivity contribution < 1.29 is 4.79 Å². The molecule has 2 heterocycles. The number of carbonyl (C=O) groups is 1. The molecule has 0 saturated carbocycles. The van der Waals surface area contributed by atoms with Crippen molar-refractivity contribution in [2.24, 2.45) is 0 Å². The van der Waals surface area contributed by atoms with Gasteiger partial charge in [0.05, 0.1) is 10.0 Å². The Bertz CT molecular complexity index is 1020. The predicted molar refractivity (Wildman–Crippen MR) is 126 cm³/mol. The molecule has 1 amide bonds. The van der Waals surface area contributed by atoms with Gasteiger partial charge < -0.3 is 15.5 Å². The molecule has 2 aromatic heterocycles. The van der Waals surface area contributed by atoms with Gasteiger partial charge in [-0.2, -0.15) is 5.10 Å². The zero-order chi connectivity index (χ0) is 22.2. The van der Waals surface area contributed by atoms with Crippen molar-refractivity contribution in [2.45, 2.75) is 32.7 Å². The second-order valence-corrected chi connectivity index (χ2v) is 8.28. The lowest BCUT2D eigenvalue weighted by Gasteiger charge is -2.17. The molecule has 31 heavy (non-hydrogen) atoms. The normalized spacial score (nSPS) is 11.3. The smallest absolute Gasteiger partial charge is 0.220 e. The van der Waals surface area contributed by atoms with E-state index >= 15 is 0 Å². The second kappa shape index (κ2) is 11.3. The number of nitrogens with one attached hydrogen (secondary N) is 2. The summed E-state index contributed by atoms with van der Waals surface area (Å²) in [6.45, 7) is 5.17. The first-order chi connectivity index (χ1) is 14.9. The Balaban J connectivity index is 1.35. The van der Waals surface area contributed by atoms with Crippen LogP contribution in [-0.2, 0) is 17.8 Å². The van der Waals surface area contributed by atoms with Crippen LogP contribution in [0.3, 0.4) is 0 Å². The number of anilines is 1. The van der Waals surface area contributed by atoms with E-state index in [4.69, 9.17) is 23.2 Å². The minimum atomic E-state index is 0.0133. The van der Waals surface area contributed by atoms with Crippen molar-refractivity contribution in [3.05, 3.63) is 58.0 Å². The first kappa shape index (κ1) is 23.3. The van der Waals surface area contributed by atoms with E-state index in [0.29, 0.717) is 35.3 Å². The molecule has 0 aliphatic carbocycles. The van der Waals surface area contributed by atoms with Crippen molar-refractivity contribution in [3.63, 3.8) is 0 Å². The maximum atomic E-state index is 12.2. The average molecular weight is 463 g/mol. The van der Waals surface area contributed by atoms with Crippen LogP contribution in [0.15, 0.2) is 36.5 Å². The molecule has 0 aliphatic heterocycles. The standard InChI is InChI=1S/C22H28Cl2N6O/c1-3-25-17-9-12-30-21(14-17)27-20(28-30)7-8-22(31)26-10-4-11-29(2)15-16-5-6-18(23)19(24)13-16/h5-6,9,12-14,25H,3-4,7-8,10-11,15H2,1-2H3,(H,26,31). The fourth-order valence-electron chi connectivity index (χ4n) is 3.27. The number of hydrogen-bond acceptors (Lipinski definition) is 5. The minimum absolute atomic E-state index is 0.0133. The molecule has 0 radical (unpaired) electrons. The highest BCUT2D eigenvalue weighted by Gasteiger charge is 2.08. The predicted octanol–water partition coefficient (Wildman–Crippen LogP) is 4.04. The second-order valence-electron chi connectivity index (χ2n) is 7.47. The maximum Gasteiger partial charge on any atom is 0.220 e. The number of halogens is 2. The van der Waals surface area contributed by atoms with E-state index < -0.39 is 0 Å². The van der Waals surface area contributed by atoms with E-state index in [0.717, 1.165) is 43.0 Å². The maximum absolute atomic E-state index is 12.2. The van der Waals surface area contributed by atoms with E-state index in [1.54, 1.807) is 4.52 Å². The summed E-state index contributed by atoms with van der Waals surface area (Å²) in [5.74, 6) is 0.685. The zero-order valence-corrected chi connectivity index (χ0v) is 19.4. The van der Waals surface area contributed by atoms with E-state index in [-0.39, 0.29) is 5.91 Å². The van der Waals surface area contributed by atoms with Gasteiger partial charge in [0.15, 0.2) is 11.5 Å². The number of rotatable bonds is 11. The number of carbonyl (C=O) groups excluding carboxylic acids is 1. The van der Waals surface area contributed by atoms with Crippen LogP contribution < -0.4 is 10.6 Å². The number of nitrogens with zero attached hydrogens (tertiary/aromatic N) is 4. The molecule has 0 aliphatic rings. The Hall–Kier alpha value is -2.35. The van der Waals surface area contributed by atoms with E-state index in [2.05, 4.69) is 25.6 Å². The quantitative estimate of drug-likeness (QED) is 0.420. The van der Waals surface area contributed by atoms with E-state index in [1.807, 2.05) is 50.5 Å². The molecule has 2 N–H and O–H groups in total. The van der Waals surface area contributed by atoms with Crippen LogP contribution in [0.1, 0.15) is 31.2 Å². The fraction of sp³-hybridized carbons (Fsp3) is 0.409. The van der Waals surface area contributed by atoms with Crippen molar-refractivity contribution in [2.75, 3.05) is 32.0 Å². The summed E-state index contributed by atoms with van der Waals surface area (Å²) < 4.78 is 1.73. The molecule has 3 rings (SSSR count). The Morgan fingerprint density at radius 3 is 2.81 bits per heavy atom. The number of fused-ring (bicyclic) bond motifs is 1. The average Bonchev–Trinajstić information content (AvgIpc) is 3.15. The van der Waals surface area contributed by atoms with Gasteiger partial charge in [0.1, 0.15) is 0 Å². The molecule has 1 aromatic carbocycles. The number of aromatic nitrogens is 3. The van der Waals surface area contributed by atoms with Crippen LogP contribution in [0.25, 0.3) is 5.65 Å². The fourth-order valence-corrected chi connectivity index (χ4v) is 3.59. The van der Waals surface area contributed by atoms with Gasteiger partial charge in [0.25, 0.3) is 0 Å². The van der Waals surface area contributed by atoms with Gasteiger partial charge in [0, 0.05) is 50.4 Å². The highest BCUT2D eigenvalue weighted by molar-refractivity contribution is 6.42. The summed E-state index contributed by atoms with van der Waals surface area (Å²) in [4.78, 5) is 18.8. The van der Waals surface area contributed by atoms with Gasteiger partial charge in [-0.3, -0.25) is 4.79 Å². The van der Waals surface area contributed by atoms with Crippen LogP contribution in [0.2, 0.25) is 10.0 Å². The molecule has 9 heteroatoms. The summed E-state index contributed by atoms with van der Waals surface area (Å²) in [5, 5.41) is 11.8. The summed E-state index contributed by atoms with van der Waals surface area (Å²) in [5.41, 5.74) is 2.90. The van der Waals surface area contributed by atoms with Gasteiger partial charge in [0.2, 0.25) is 5.91 Å². The zero-order valence-electron chi connectivity index (χ0n) is 17.9. The van der Waals surface area contributed by atoms with Gasteiger partial charge in [-0.25, -0.2) is 9.50 Å². The number of pyridine rings is 1.